The van der Waals surface area contributed by atoms with Crippen molar-refractivity contribution in [2.24, 2.45) is 22.2 Å². The van der Waals surface area contributed by atoms with Crippen molar-refractivity contribution in [2.45, 2.75) is 130 Å². The molecule has 4 aromatic carbocycles. The Labute approximate surface area is 409 Å². The first-order chi connectivity index (χ1) is 29.3. The van der Waals surface area contributed by atoms with Crippen LogP contribution in [0.25, 0.3) is 22.3 Å². The molecule has 350 valence electrons. The summed E-state index contributed by atoms with van der Waals surface area (Å²) in [6, 6.07) is 20.3. The van der Waals surface area contributed by atoms with E-state index in [1.165, 1.54) is 60.9 Å². The van der Waals surface area contributed by atoms with Gasteiger partial charge < -0.3 is 24.8 Å². The summed E-state index contributed by atoms with van der Waals surface area (Å²) in [5, 5.41) is 0. The fourth-order valence-electron chi connectivity index (χ4n) is 10.8. The van der Waals surface area contributed by atoms with Gasteiger partial charge in [-0.2, -0.15) is 0 Å². The number of halogens is 8. The van der Waals surface area contributed by atoms with Crippen molar-refractivity contribution in [3.05, 3.63) is 162 Å². The van der Waals surface area contributed by atoms with Gasteiger partial charge in [-0.05, 0) is 0 Å². The Morgan fingerprint density at radius 1 is 0.561 bits per heavy atom. The van der Waals surface area contributed by atoms with Crippen LogP contribution in [-0.4, -0.2) is 3.21 Å². The SMILES string of the molecule is CCC1C=C(C(C)(C)C)C=[C]1[Zr+2](=[C](c1cccc(C(F)(F)F)c1)c1cccc(C(F)(F)F)c1)[CH]1c2cc3c(cc2-c2cc4c(cc21)C(C)(C)C=C4C(C)(C)C)C(C(C)(C)C)=CC3(C)C.[Cl-].[Cl-]. The van der Waals surface area contributed by atoms with E-state index in [0.717, 1.165) is 46.4 Å². The van der Waals surface area contributed by atoms with E-state index in [9.17, 15) is 26.3 Å². The van der Waals surface area contributed by atoms with Crippen LogP contribution in [0.3, 0.4) is 0 Å². The van der Waals surface area contributed by atoms with E-state index in [-0.39, 0.29) is 61.4 Å². The van der Waals surface area contributed by atoms with Crippen LogP contribution < -0.4 is 24.8 Å². The fourth-order valence-corrected chi connectivity index (χ4v) is 20.5. The van der Waals surface area contributed by atoms with Crippen molar-refractivity contribution in [3.63, 3.8) is 0 Å². The van der Waals surface area contributed by atoms with Gasteiger partial charge in [0.05, 0.1) is 0 Å². The molecule has 4 aliphatic rings. The van der Waals surface area contributed by atoms with E-state index in [2.05, 4.69) is 146 Å². The molecule has 0 amide bonds. The molecule has 8 rings (SSSR count). The van der Waals surface area contributed by atoms with Gasteiger partial charge in [0.25, 0.3) is 0 Å². The van der Waals surface area contributed by atoms with E-state index in [0.29, 0.717) is 14.3 Å². The van der Waals surface area contributed by atoms with Crippen LogP contribution in [0.1, 0.15) is 163 Å². The summed E-state index contributed by atoms with van der Waals surface area (Å²) in [7, 11) is 0. The molecule has 4 aromatic rings. The maximum absolute atomic E-state index is 14.8. The molecule has 9 heteroatoms. The third-order valence-corrected chi connectivity index (χ3v) is 22.6. The van der Waals surface area contributed by atoms with E-state index < -0.39 is 44.7 Å². The van der Waals surface area contributed by atoms with Gasteiger partial charge in [-0.25, -0.2) is 0 Å². The summed E-state index contributed by atoms with van der Waals surface area (Å²) < 4.78 is 90.4. The molecule has 0 nitrogen and oxygen atoms in total. The number of hydrogen-bond donors (Lipinski definition) is 0. The van der Waals surface area contributed by atoms with E-state index >= 15 is 0 Å². The standard InChI is InChI=1S/C31H37.C15H8F6.C11H17.2ClH.Zr/c1-28(2,3)26-16-30(7,8)24-12-18-11-19-13-25-23(15-21(19)20(18)14-22(24)26)27(29(4,5)6)17-31(25,9)10;16-14(17,18)12-5-1-3-10(8-12)7-11-4-2-6-13(9-11)15(19,20)21;1-5-9-6-7-10(8-9)11(2,3)4;;;/h11-17H,1-10H3;1-6,8-9H;7-9H,5H2,1-4H3;2*1H;/q;;;;;+2/p-2. The molecule has 0 radical (unpaired) electrons. The second kappa shape index (κ2) is 17.0. The molecule has 66 heavy (non-hydrogen) atoms. The Morgan fingerprint density at radius 3 is 1.32 bits per heavy atom. The smallest absolute Gasteiger partial charge is 1.00 e. The van der Waals surface area contributed by atoms with E-state index in [4.69, 9.17) is 0 Å². The summed E-state index contributed by atoms with van der Waals surface area (Å²) in [5.74, 6) is -0.0252. The van der Waals surface area contributed by atoms with Gasteiger partial charge in [0, 0.05) is 0 Å². The Kier molecular flexibility index (Phi) is 13.4. The van der Waals surface area contributed by atoms with Gasteiger partial charge in [-0.15, -0.1) is 0 Å². The zero-order chi connectivity index (χ0) is 47.1. The van der Waals surface area contributed by atoms with Crippen molar-refractivity contribution in [1.29, 1.82) is 0 Å². The first kappa shape index (κ1) is 52.1. The Hall–Kier alpha value is -3.25. The maximum Gasteiger partial charge on any atom is -1.00 e. The predicted octanol–water partition coefficient (Wildman–Crippen LogP) is 11.0. The number of alkyl halides is 6. The second-order valence-electron chi connectivity index (χ2n) is 22.9. The van der Waals surface area contributed by atoms with Gasteiger partial charge in [-0.3, -0.25) is 0 Å². The number of fused-ring (bicyclic) bond motifs is 5. The summed E-state index contributed by atoms with van der Waals surface area (Å²) in [4.78, 5) is 0. The molecule has 1 unspecified atom stereocenters. The van der Waals surface area contributed by atoms with Crippen molar-refractivity contribution >= 4 is 14.4 Å². The Morgan fingerprint density at radius 2 is 0.970 bits per heavy atom. The van der Waals surface area contributed by atoms with Gasteiger partial charge in [0.1, 0.15) is 0 Å². The number of rotatable bonds is 5. The normalized spacial score (nSPS) is 18.4. The molecular weight excluding hydrogens is 961 g/mol. The van der Waals surface area contributed by atoms with Crippen LogP contribution in [0.4, 0.5) is 26.3 Å². The molecule has 0 fully saturated rings. The minimum atomic E-state index is -4.65. The van der Waals surface area contributed by atoms with E-state index in [1.807, 2.05) is 0 Å². The summed E-state index contributed by atoms with van der Waals surface area (Å²) in [6.45, 7) is 31.2. The van der Waals surface area contributed by atoms with Gasteiger partial charge >= 0.3 is 387 Å². The molecule has 0 heterocycles. The van der Waals surface area contributed by atoms with Crippen molar-refractivity contribution in [2.75, 3.05) is 0 Å². The average Bonchev–Trinajstić information content (AvgIpc) is 3.89. The first-order valence-corrected chi connectivity index (χ1v) is 26.6. The summed E-state index contributed by atoms with van der Waals surface area (Å²) >= 11 is -3.97. The zero-order valence-corrected chi connectivity index (χ0v) is 44.6. The van der Waals surface area contributed by atoms with E-state index in [1.54, 1.807) is 12.1 Å². The van der Waals surface area contributed by atoms with Crippen LogP contribution in [0.2, 0.25) is 0 Å². The van der Waals surface area contributed by atoms with Crippen LogP contribution in [0.15, 0.2) is 106 Å². The van der Waals surface area contributed by atoms with Crippen LogP contribution in [0, 0.1) is 22.2 Å². The van der Waals surface area contributed by atoms with Crippen molar-refractivity contribution in [3.8, 4) is 11.1 Å². The third-order valence-electron chi connectivity index (χ3n) is 14.1. The predicted molar refractivity (Wildman–Crippen MR) is 250 cm³/mol. The van der Waals surface area contributed by atoms with Crippen molar-refractivity contribution in [1.82, 2.24) is 0 Å². The minimum absolute atomic E-state index is 0. The van der Waals surface area contributed by atoms with Crippen LogP contribution >= 0.6 is 0 Å². The molecule has 0 saturated heterocycles. The molecule has 0 aromatic heterocycles. The molecule has 0 saturated carbocycles. The molecule has 1 atom stereocenters. The zero-order valence-electron chi connectivity index (χ0n) is 40.6. The first-order valence-electron chi connectivity index (χ1n) is 22.7. The number of hydrogen-bond acceptors (Lipinski definition) is 0. The van der Waals surface area contributed by atoms with Crippen LogP contribution in [0.5, 0.6) is 0 Å². The molecule has 0 aliphatic heterocycles. The van der Waals surface area contributed by atoms with Gasteiger partial charge in [-0.1, -0.05) is 0 Å². The summed E-state index contributed by atoms with van der Waals surface area (Å²) in [5.41, 5.74) is 11.0. The molecule has 0 N–H and O–H groups in total. The topological polar surface area (TPSA) is 0 Å². The monoisotopic (exact) mass is 1020 g/mol. The maximum atomic E-state index is 14.8. The molecule has 4 aliphatic carbocycles. The largest absolute Gasteiger partial charge is 1.00 e. The van der Waals surface area contributed by atoms with Gasteiger partial charge in [0.15, 0.2) is 0 Å². The minimum Gasteiger partial charge on any atom is -1.00 e. The number of allylic oxidation sites excluding steroid dienone is 8. The molecule has 0 bridgehead atoms. The number of benzene rings is 4. The quantitative estimate of drug-likeness (QED) is 0.175. The Balaban J connectivity index is 0.00000360. The van der Waals surface area contributed by atoms with Gasteiger partial charge in [0.2, 0.25) is 0 Å². The summed E-state index contributed by atoms with van der Waals surface area (Å²) in [6.07, 6.45) is 0.878. The molecule has 0 spiro atoms. The average molecular weight is 1020 g/mol. The second-order valence-corrected chi connectivity index (χ2v) is 29.0. The molecular formula is C57H62Cl2F6Zr. The van der Waals surface area contributed by atoms with Crippen molar-refractivity contribution < 1.29 is 72.4 Å². The van der Waals surface area contributed by atoms with Crippen LogP contribution in [-0.2, 0) is 44.4 Å². The third kappa shape index (κ3) is 9.06. The Bertz CT molecular complexity index is 2630. The fraction of sp³-hybridized carbons (Fsp3) is 0.421.